The monoisotopic (exact) mass is 333 g/mol. The highest BCUT2D eigenvalue weighted by Gasteiger charge is 2.42. The van der Waals surface area contributed by atoms with Gasteiger partial charge < -0.3 is 11.1 Å². The standard InChI is InChI=1S/C18H27N3OS/c1-10-9-23-18(20-10)16(11-5-6-11)21-17(22)14-7-12-3-2-4-13(8-14)15(12)19/h9,11-16H,2-8,19H2,1H3,(H,21,22). The molecule has 0 radical (unpaired) electrons. The lowest BCUT2D eigenvalue weighted by Crippen LogP contribution is -2.49. The first kappa shape index (κ1) is 15.6. The van der Waals surface area contributed by atoms with Crippen molar-refractivity contribution >= 4 is 17.2 Å². The Morgan fingerprint density at radius 3 is 2.57 bits per heavy atom. The molecular formula is C18H27N3OS. The van der Waals surface area contributed by atoms with Crippen LogP contribution in [0.15, 0.2) is 5.38 Å². The highest BCUT2D eigenvalue weighted by Crippen LogP contribution is 2.44. The van der Waals surface area contributed by atoms with Crippen LogP contribution in [0.4, 0.5) is 0 Å². The average molecular weight is 334 g/mol. The van der Waals surface area contributed by atoms with Gasteiger partial charge in [-0.15, -0.1) is 11.3 Å². The van der Waals surface area contributed by atoms with Crippen LogP contribution >= 0.6 is 11.3 Å². The van der Waals surface area contributed by atoms with E-state index in [4.69, 9.17) is 5.73 Å². The van der Waals surface area contributed by atoms with Crippen molar-refractivity contribution in [1.82, 2.24) is 10.3 Å². The number of amides is 1. The van der Waals surface area contributed by atoms with Gasteiger partial charge in [0.25, 0.3) is 0 Å². The Morgan fingerprint density at radius 2 is 2.00 bits per heavy atom. The minimum Gasteiger partial charge on any atom is -0.346 e. The van der Waals surface area contributed by atoms with Crippen LogP contribution in [-0.4, -0.2) is 16.9 Å². The van der Waals surface area contributed by atoms with Crippen LogP contribution in [0.5, 0.6) is 0 Å². The first-order valence-electron chi connectivity index (χ1n) is 9.10. The fraction of sp³-hybridized carbons (Fsp3) is 0.778. The molecule has 3 atom stereocenters. The van der Waals surface area contributed by atoms with Crippen LogP contribution in [0.3, 0.4) is 0 Å². The van der Waals surface area contributed by atoms with Crippen LogP contribution in [0.2, 0.25) is 0 Å². The zero-order valence-corrected chi connectivity index (χ0v) is 14.6. The molecule has 1 amide bonds. The summed E-state index contributed by atoms with van der Waals surface area (Å²) in [5, 5.41) is 6.52. The van der Waals surface area contributed by atoms with E-state index in [1.165, 1.54) is 32.1 Å². The summed E-state index contributed by atoms with van der Waals surface area (Å²) in [6.45, 7) is 2.02. The molecule has 0 spiro atoms. The van der Waals surface area contributed by atoms with Gasteiger partial charge in [0.15, 0.2) is 0 Å². The Kier molecular flexibility index (Phi) is 4.18. The van der Waals surface area contributed by atoms with Gasteiger partial charge in [-0.25, -0.2) is 4.98 Å². The first-order chi connectivity index (χ1) is 11.1. The molecule has 3 saturated carbocycles. The topological polar surface area (TPSA) is 68.0 Å². The first-order valence-corrected chi connectivity index (χ1v) is 9.97. The van der Waals surface area contributed by atoms with Crippen LogP contribution in [0.25, 0.3) is 0 Å². The molecule has 3 N–H and O–H groups in total. The molecule has 4 nitrogen and oxygen atoms in total. The minimum atomic E-state index is 0.136. The van der Waals surface area contributed by atoms with Crippen molar-refractivity contribution in [3.63, 3.8) is 0 Å². The fourth-order valence-corrected chi connectivity index (χ4v) is 5.54. The van der Waals surface area contributed by atoms with Gasteiger partial charge in [-0.2, -0.15) is 0 Å². The largest absolute Gasteiger partial charge is 0.346 e. The van der Waals surface area contributed by atoms with E-state index in [2.05, 4.69) is 15.7 Å². The summed E-state index contributed by atoms with van der Waals surface area (Å²) >= 11 is 1.69. The number of nitrogens with zero attached hydrogens (tertiary/aromatic N) is 1. The molecule has 126 valence electrons. The molecule has 3 unspecified atom stereocenters. The Morgan fingerprint density at radius 1 is 1.30 bits per heavy atom. The Bertz CT molecular complexity index is 569. The van der Waals surface area contributed by atoms with Crippen molar-refractivity contribution in [1.29, 1.82) is 0 Å². The van der Waals surface area contributed by atoms with Crippen molar-refractivity contribution in [3.8, 4) is 0 Å². The highest BCUT2D eigenvalue weighted by molar-refractivity contribution is 7.09. The van der Waals surface area contributed by atoms with E-state index in [0.29, 0.717) is 23.8 Å². The maximum absolute atomic E-state index is 12.9. The van der Waals surface area contributed by atoms with E-state index in [1.54, 1.807) is 11.3 Å². The van der Waals surface area contributed by atoms with Crippen molar-refractivity contribution in [2.75, 3.05) is 0 Å². The van der Waals surface area contributed by atoms with Crippen LogP contribution in [0, 0.1) is 30.6 Å². The number of aromatic nitrogens is 1. The number of hydrogen-bond acceptors (Lipinski definition) is 4. The lowest BCUT2D eigenvalue weighted by atomic mass is 9.65. The van der Waals surface area contributed by atoms with Gasteiger partial charge in [0.1, 0.15) is 5.01 Å². The Labute approximate surface area is 142 Å². The molecule has 1 aromatic rings. The SMILES string of the molecule is Cc1csc(C(NC(=O)C2CC3CCCC(C2)C3N)C2CC2)n1. The smallest absolute Gasteiger partial charge is 0.223 e. The van der Waals surface area contributed by atoms with Crippen molar-refractivity contribution < 1.29 is 4.79 Å². The van der Waals surface area contributed by atoms with E-state index < -0.39 is 0 Å². The molecule has 5 heteroatoms. The van der Waals surface area contributed by atoms with Gasteiger partial charge >= 0.3 is 0 Å². The molecule has 0 saturated heterocycles. The molecule has 0 aromatic carbocycles. The lowest BCUT2D eigenvalue weighted by molar-refractivity contribution is -0.128. The molecular weight excluding hydrogens is 306 g/mol. The van der Waals surface area contributed by atoms with Crippen molar-refractivity contribution in [2.45, 2.75) is 64.0 Å². The van der Waals surface area contributed by atoms with E-state index in [9.17, 15) is 4.79 Å². The summed E-state index contributed by atoms with van der Waals surface area (Å²) < 4.78 is 0. The molecule has 1 heterocycles. The predicted molar refractivity (Wildman–Crippen MR) is 92.0 cm³/mol. The number of nitrogens with one attached hydrogen (secondary N) is 1. The fourth-order valence-electron chi connectivity index (χ4n) is 4.60. The van der Waals surface area contributed by atoms with Gasteiger partial charge in [0, 0.05) is 23.0 Å². The van der Waals surface area contributed by atoms with Crippen LogP contribution < -0.4 is 11.1 Å². The summed E-state index contributed by atoms with van der Waals surface area (Å²) in [7, 11) is 0. The van der Waals surface area contributed by atoms with E-state index in [0.717, 1.165) is 23.5 Å². The van der Waals surface area contributed by atoms with E-state index in [-0.39, 0.29) is 17.9 Å². The summed E-state index contributed by atoms with van der Waals surface area (Å²) in [5.74, 6) is 2.11. The summed E-state index contributed by atoms with van der Waals surface area (Å²) in [6, 6.07) is 0.463. The normalized spacial score (nSPS) is 34.9. The number of hydrogen-bond donors (Lipinski definition) is 2. The van der Waals surface area contributed by atoms with E-state index in [1.807, 2.05) is 6.92 Å². The second-order valence-corrected chi connectivity index (χ2v) is 8.74. The average Bonchev–Trinajstić information content (AvgIpc) is 3.25. The molecule has 3 fully saturated rings. The summed E-state index contributed by atoms with van der Waals surface area (Å²) in [5.41, 5.74) is 7.42. The molecule has 3 aliphatic rings. The third-order valence-corrected chi connectivity index (χ3v) is 7.12. The second kappa shape index (κ2) is 6.17. The van der Waals surface area contributed by atoms with Gasteiger partial charge in [0.2, 0.25) is 5.91 Å². The number of carbonyl (C=O) groups is 1. The quantitative estimate of drug-likeness (QED) is 0.889. The molecule has 0 aliphatic heterocycles. The predicted octanol–water partition coefficient (Wildman–Crippen LogP) is 3.17. The molecule has 3 aliphatic carbocycles. The molecule has 23 heavy (non-hydrogen) atoms. The van der Waals surface area contributed by atoms with Crippen molar-refractivity contribution in [3.05, 3.63) is 16.1 Å². The number of carbonyl (C=O) groups excluding carboxylic acids is 1. The molecule has 4 rings (SSSR count). The van der Waals surface area contributed by atoms with E-state index >= 15 is 0 Å². The zero-order chi connectivity index (χ0) is 16.0. The van der Waals surface area contributed by atoms with Gasteiger partial charge in [-0.05, 0) is 63.2 Å². The number of rotatable bonds is 4. The number of fused-ring (bicyclic) bond motifs is 2. The number of aryl methyl sites for hydroxylation is 1. The highest BCUT2D eigenvalue weighted by atomic mass is 32.1. The maximum atomic E-state index is 12.9. The molecule has 2 bridgehead atoms. The second-order valence-electron chi connectivity index (χ2n) is 7.85. The third-order valence-electron chi connectivity index (χ3n) is 6.08. The maximum Gasteiger partial charge on any atom is 0.223 e. The van der Waals surface area contributed by atoms with Crippen molar-refractivity contribution in [2.24, 2.45) is 29.4 Å². The summed E-state index contributed by atoms with van der Waals surface area (Å²) in [4.78, 5) is 17.5. The van der Waals surface area contributed by atoms with Gasteiger partial charge in [0.05, 0.1) is 6.04 Å². The minimum absolute atomic E-state index is 0.136. The van der Waals surface area contributed by atoms with Gasteiger partial charge in [-0.1, -0.05) is 6.42 Å². The summed E-state index contributed by atoms with van der Waals surface area (Å²) in [6.07, 6.45) is 8.10. The lowest BCUT2D eigenvalue weighted by Gasteiger charge is -2.43. The Hall–Kier alpha value is -0.940. The van der Waals surface area contributed by atoms with Crippen LogP contribution in [-0.2, 0) is 4.79 Å². The van der Waals surface area contributed by atoms with Crippen LogP contribution in [0.1, 0.15) is 61.7 Å². The van der Waals surface area contributed by atoms with Gasteiger partial charge in [-0.3, -0.25) is 4.79 Å². The third kappa shape index (κ3) is 3.18. The number of thiazole rings is 1. The Balaban J connectivity index is 1.44. The zero-order valence-electron chi connectivity index (χ0n) is 13.8. The number of nitrogens with two attached hydrogens (primary N) is 1. The molecule has 1 aromatic heterocycles.